The molecule has 1 aromatic heterocycles. The van der Waals surface area contributed by atoms with Gasteiger partial charge in [-0.3, -0.25) is 0 Å². The molecule has 0 unspecified atom stereocenters. The first kappa shape index (κ1) is 10.6. The summed E-state index contributed by atoms with van der Waals surface area (Å²) in [6.45, 7) is 1.78. The van der Waals surface area contributed by atoms with E-state index < -0.39 is 0 Å². The molecule has 1 aromatic rings. The topological polar surface area (TPSA) is 54.2 Å². The van der Waals surface area contributed by atoms with Crippen LogP contribution < -0.4 is 5.32 Å². The third kappa shape index (κ3) is 2.76. The number of hydrogen-bond donors (Lipinski definition) is 1. The summed E-state index contributed by atoms with van der Waals surface area (Å²) in [5, 5.41) is 7.36. The van der Waals surface area contributed by atoms with E-state index in [0.29, 0.717) is 0 Å². The Morgan fingerprint density at radius 1 is 1.47 bits per heavy atom. The van der Waals surface area contributed by atoms with Crippen molar-refractivity contribution < 1.29 is 4.52 Å². The molecule has 1 fully saturated rings. The van der Waals surface area contributed by atoms with E-state index in [1.165, 1.54) is 12.8 Å². The quantitative estimate of drug-likeness (QED) is 0.805. The molecule has 2 heterocycles. The van der Waals surface area contributed by atoms with Crippen molar-refractivity contribution in [3.05, 3.63) is 11.7 Å². The summed E-state index contributed by atoms with van der Waals surface area (Å²) >= 11 is 0. The van der Waals surface area contributed by atoms with Gasteiger partial charge in [-0.25, -0.2) is 0 Å². The van der Waals surface area contributed by atoms with Crippen LogP contribution in [0.3, 0.4) is 0 Å². The highest BCUT2D eigenvalue weighted by Gasteiger charge is 2.20. The van der Waals surface area contributed by atoms with Gasteiger partial charge in [0.1, 0.15) is 0 Å². The highest BCUT2D eigenvalue weighted by molar-refractivity contribution is 4.94. The SMILES string of the molecule is CN(C)Cc1noc([C@@H]2CCCCN2)n1. The molecule has 0 spiro atoms. The monoisotopic (exact) mass is 210 g/mol. The van der Waals surface area contributed by atoms with Gasteiger partial charge in [-0.2, -0.15) is 4.98 Å². The molecule has 2 rings (SSSR count). The first-order valence-electron chi connectivity index (χ1n) is 5.46. The molecule has 5 heteroatoms. The Balaban J connectivity index is 1.99. The third-order valence-corrected chi connectivity index (χ3v) is 2.55. The molecular weight excluding hydrogens is 192 g/mol. The van der Waals surface area contributed by atoms with Gasteiger partial charge in [0.15, 0.2) is 5.82 Å². The summed E-state index contributed by atoms with van der Waals surface area (Å²) in [6.07, 6.45) is 3.59. The molecule has 1 saturated heterocycles. The fourth-order valence-corrected chi connectivity index (χ4v) is 1.82. The maximum absolute atomic E-state index is 5.25. The van der Waals surface area contributed by atoms with Crippen molar-refractivity contribution in [3.8, 4) is 0 Å². The molecule has 0 amide bonds. The van der Waals surface area contributed by atoms with Crippen molar-refractivity contribution in [3.63, 3.8) is 0 Å². The average Bonchev–Trinajstić information content (AvgIpc) is 2.67. The molecule has 5 nitrogen and oxygen atoms in total. The van der Waals surface area contributed by atoms with Crippen LogP contribution in [0.4, 0.5) is 0 Å². The van der Waals surface area contributed by atoms with Crippen LogP contribution in [0.15, 0.2) is 4.52 Å². The second-order valence-electron chi connectivity index (χ2n) is 4.29. The van der Waals surface area contributed by atoms with Crippen molar-refractivity contribution >= 4 is 0 Å². The molecule has 1 aliphatic heterocycles. The predicted molar refractivity (Wildman–Crippen MR) is 56.3 cm³/mol. The molecule has 1 atom stereocenters. The summed E-state index contributed by atoms with van der Waals surface area (Å²) in [4.78, 5) is 6.42. The minimum absolute atomic E-state index is 0.266. The lowest BCUT2D eigenvalue weighted by Gasteiger charge is -2.19. The second kappa shape index (κ2) is 4.72. The zero-order chi connectivity index (χ0) is 10.7. The maximum Gasteiger partial charge on any atom is 0.243 e. The van der Waals surface area contributed by atoms with Crippen LogP contribution in [0.1, 0.15) is 37.0 Å². The fraction of sp³-hybridized carbons (Fsp3) is 0.800. The van der Waals surface area contributed by atoms with E-state index in [9.17, 15) is 0 Å². The standard InChI is InChI=1S/C10H18N4O/c1-14(2)7-9-12-10(15-13-9)8-5-3-4-6-11-8/h8,11H,3-7H2,1-2H3/t8-/m0/s1. The number of piperidine rings is 1. The molecule has 0 aliphatic carbocycles. The lowest BCUT2D eigenvalue weighted by Crippen LogP contribution is -2.27. The fourth-order valence-electron chi connectivity index (χ4n) is 1.82. The van der Waals surface area contributed by atoms with Crippen LogP contribution in [-0.4, -0.2) is 35.7 Å². The highest BCUT2D eigenvalue weighted by atomic mass is 16.5. The Bertz CT molecular complexity index is 304. The molecular formula is C10H18N4O. The number of nitrogens with one attached hydrogen (secondary N) is 1. The summed E-state index contributed by atoms with van der Waals surface area (Å²) in [5.41, 5.74) is 0. The molecule has 84 valence electrons. The first-order chi connectivity index (χ1) is 7.25. The summed E-state index contributed by atoms with van der Waals surface area (Å²) in [5.74, 6) is 1.51. The normalized spacial score (nSPS) is 22.2. The van der Waals surface area contributed by atoms with Gasteiger partial charge in [-0.05, 0) is 33.5 Å². The van der Waals surface area contributed by atoms with Gasteiger partial charge in [0.05, 0.1) is 12.6 Å². The summed E-state index contributed by atoms with van der Waals surface area (Å²) in [6, 6.07) is 0.266. The second-order valence-corrected chi connectivity index (χ2v) is 4.29. The summed E-state index contributed by atoms with van der Waals surface area (Å²) in [7, 11) is 3.99. The Morgan fingerprint density at radius 3 is 3.00 bits per heavy atom. The van der Waals surface area contributed by atoms with E-state index in [1.807, 2.05) is 19.0 Å². The van der Waals surface area contributed by atoms with Crippen LogP contribution in [-0.2, 0) is 6.54 Å². The van der Waals surface area contributed by atoms with Gasteiger partial charge in [-0.1, -0.05) is 11.6 Å². The molecule has 1 N–H and O–H groups in total. The molecule has 1 aliphatic rings. The number of rotatable bonds is 3. The van der Waals surface area contributed by atoms with E-state index in [0.717, 1.165) is 31.2 Å². The molecule has 0 aromatic carbocycles. The van der Waals surface area contributed by atoms with Gasteiger partial charge in [0.25, 0.3) is 0 Å². The minimum Gasteiger partial charge on any atom is -0.338 e. The largest absolute Gasteiger partial charge is 0.338 e. The number of hydrogen-bond acceptors (Lipinski definition) is 5. The zero-order valence-corrected chi connectivity index (χ0v) is 9.36. The van der Waals surface area contributed by atoms with E-state index in [-0.39, 0.29) is 6.04 Å². The Kier molecular flexibility index (Phi) is 3.33. The van der Waals surface area contributed by atoms with Crippen LogP contribution in [0.5, 0.6) is 0 Å². The lowest BCUT2D eigenvalue weighted by atomic mass is 10.1. The van der Waals surface area contributed by atoms with Gasteiger partial charge < -0.3 is 14.7 Å². The number of nitrogens with zero attached hydrogens (tertiary/aromatic N) is 3. The van der Waals surface area contributed by atoms with Crippen molar-refractivity contribution in [2.75, 3.05) is 20.6 Å². The minimum atomic E-state index is 0.266. The van der Waals surface area contributed by atoms with Gasteiger partial charge >= 0.3 is 0 Å². The van der Waals surface area contributed by atoms with E-state index >= 15 is 0 Å². The van der Waals surface area contributed by atoms with Gasteiger partial charge in [0.2, 0.25) is 5.89 Å². The van der Waals surface area contributed by atoms with Gasteiger partial charge in [-0.15, -0.1) is 0 Å². The Morgan fingerprint density at radius 2 is 2.33 bits per heavy atom. The predicted octanol–water partition coefficient (Wildman–Crippen LogP) is 0.946. The van der Waals surface area contributed by atoms with Crippen molar-refractivity contribution in [1.29, 1.82) is 0 Å². The lowest BCUT2D eigenvalue weighted by molar-refractivity contribution is 0.293. The highest BCUT2D eigenvalue weighted by Crippen LogP contribution is 2.21. The maximum atomic E-state index is 5.25. The van der Waals surface area contributed by atoms with Gasteiger partial charge in [0, 0.05) is 0 Å². The summed E-state index contributed by atoms with van der Waals surface area (Å²) < 4.78 is 5.25. The molecule has 0 saturated carbocycles. The average molecular weight is 210 g/mol. The molecule has 15 heavy (non-hydrogen) atoms. The first-order valence-corrected chi connectivity index (χ1v) is 5.46. The van der Waals surface area contributed by atoms with Crippen molar-refractivity contribution in [2.24, 2.45) is 0 Å². The van der Waals surface area contributed by atoms with Crippen molar-refractivity contribution in [2.45, 2.75) is 31.8 Å². The smallest absolute Gasteiger partial charge is 0.243 e. The molecule has 0 bridgehead atoms. The van der Waals surface area contributed by atoms with Crippen LogP contribution in [0, 0.1) is 0 Å². The van der Waals surface area contributed by atoms with E-state index in [1.54, 1.807) is 0 Å². The number of aromatic nitrogens is 2. The Hall–Kier alpha value is -0.940. The van der Waals surface area contributed by atoms with E-state index in [2.05, 4.69) is 15.5 Å². The third-order valence-electron chi connectivity index (χ3n) is 2.55. The van der Waals surface area contributed by atoms with Crippen molar-refractivity contribution in [1.82, 2.24) is 20.4 Å². The zero-order valence-electron chi connectivity index (χ0n) is 9.36. The van der Waals surface area contributed by atoms with Crippen LogP contribution >= 0.6 is 0 Å². The van der Waals surface area contributed by atoms with Crippen LogP contribution in [0.25, 0.3) is 0 Å². The molecule has 0 radical (unpaired) electrons. The van der Waals surface area contributed by atoms with E-state index in [4.69, 9.17) is 4.52 Å². The van der Waals surface area contributed by atoms with Crippen LogP contribution in [0.2, 0.25) is 0 Å². The Labute approximate surface area is 89.8 Å².